The normalized spacial score (nSPS) is 10.9. The molecule has 2 N–H and O–H groups in total. The van der Waals surface area contributed by atoms with Crippen molar-refractivity contribution in [3.8, 4) is 17.0 Å². The number of anilines is 1. The van der Waals surface area contributed by atoms with Gasteiger partial charge in [0.15, 0.2) is 0 Å². The molecule has 0 saturated carbocycles. The predicted octanol–water partition coefficient (Wildman–Crippen LogP) is 4.81. The molecule has 0 bridgehead atoms. The monoisotopic (exact) mass is 385 g/mol. The van der Waals surface area contributed by atoms with Gasteiger partial charge in [-0.2, -0.15) is 5.10 Å². The summed E-state index contributed by atoms with van der Waals surface area (Å²) in [6, 6.07) is 9.97. The number of nitrogens with one attached hydrogen (secondary N) is 2. The number of aromatic amines is 1. The molecule has 28 heavy (non-hydrogen) atoms. The van der Waals surface area contributed by atoms with Crippen molar-refractivity contribution in [2.24, 2.45) is 5.92 Å². The zero-order valence-corrected chi connectivity index (χ0v) is 15.8. The van der Waals surface area contributed by atoms with Gasteiger partial charge in [-0.05, 0) is 36.6 Å². The van der Waals surface area contributed by atoms with E-state index in [9.17, 15) is 13.6 Å². The topological polar surface area (TPSA) is 67.0 Å². The van der Waals surface area contributed by atoms with Crippen LogP contribution in [0.25, 0.3) is 11.3 Å². The van der Waals surface area contributed by atoms with Crippen LogP contribution in [0.4, 0.5) is 14.5 Å². The number of aromatic nitrogens is 2. The SMILES string of the molecule is COc1cccc(-c2n[nH]c(CC(C)C)c2NC(=O)c2cc(F)cc(F)c2)c1. The molecule has 1 aromatic heterocycles. The maximum Gasteiger partial charge on any atom is 0.255 e. The van der Waals surface area contributed by atoms with Crippen LogP contribution < -0.4 is 10.1 Å². The number of carbonyl (C=O) groups excluding carboxylic acids is 1. The Morgan fingerprint density at radius 1 is 1.18 bits per heavy atom. The molecule has 0 aliphatic rings. The van der Waals surface area contributed by atoms with Gasteiger partial charge in [0.25, 0.3) is 5.91 Å². The number of hydrogen-bond donors (Lipinski definition) is 2. The predicted molar refractivity (Wildman–Crippen MR) is 103 cm³/mol. The Labute approximate surface area is 161 Å². The Balaban J connectivity index is 2.01. The lowest BCUT2D eigenvalue weighted by Crippen LogP contribution is -2.14. The van der Waals surface area contributed by atoms with E-state index in [1.54, 1.807) is 19.2 Å². The zero-order chi connectivity index (χ0) is 20.3. The molecule has 0 spiro atoms. The highest BCUT2D eigenvalue weighted by molar-refractivity contribution is 6.06. The fourth-order valence-electron chi connectivity index (χ4n) is 2.92. The van der Waals surface area contributed by atoms with Crippen molar-refractivity contribution in [2.75, 3.05) is 12.4 Å². The first kappa shape index (κ1) is 19.5. The zero-order valence-electron chi connectivity index (χ0n) is 15.8. The third kappa shape index (κ3) is 4.36. The lowest BCUT2D eigenvalue weighted by atomic mass is 10.0. The summed E-state index contributed by atoms with van der Waals surface area (Å²) < 4.78 is 32.2. The van der Waals surface area contributed by atoms with Crippen molar-refractivity contribution in [3.05, 3.63) is 65.4 Å². The van der Waals surface area contributed by atoms with E-state index in [1.165, 1.54) is 0 Å². The molecule has 3 rings (SSSR count). The Hall–Kier alpha value is -3.22. The maximum atomic E-state index is 13.5. The van der Waals surface area contributed by atoms with E-state index in [1.807, 2.05) is 26.0 Å². The summed E-state index contributed by atoms with van der Waals surface area (Å²) in [5, 5.41) is 10.1. The quantitative estimate of drug-likeness (QED) is 0.640. The van der Waals surface area contributed by atoms with Gasteiger partial charge in [0.05, 0.1) is 18.5 Å². The Bertz CT molecular complexity index is 979. The molecule has 146 valence electrons. The number of carbonyl (C=O) groups is 1. The summed E-state index contributed by atoms with van der Waals surface area (Å²) in [6.45, 7) is 4.08. The fraction of sp³-hybridized carbons (Fsp3) is 0.238. The van der Waals surface area contributed by atoms with Crippen LogP contribution in [0, 0.1) is 17.6 Å². The van der Waals surface area contributed by atoms with Gasteiger partial charge in [0.2, 0.25) is 0 Å². The Morgan fingerprint density at radius 3 is 2.54 bits per heavy atom. The molecule has 0 aliphatic carbocycles. The highest BCUT2D eigenvalue weighted by atomic mass is 19.1. The minimum Gasteiger partial charge on any atom is -0.497 e. The molecule has 1 amide bonds. The summed E-state index contributed by atoms with van der Waals surface area (Å²) in [6.07, 6.45) is 0.643. The van der Waals surface area contributed by atoms with Crippen molar-refractivity contribution in [1.29, 1.82) is 0 Å². The van der Waals surface area contributed by atoms with Crippen LogP contribution in [0.1, 0.15) is 29.9 Å². The number of ether oxygens (including phenoxy) is 1. The molecule has 0 fully saturated rings. The highest BCUT2D eigenvalue weighted by Gasteiger charge is 2.20. The molecule has 0 unspecified atom stereocenters. The second-order valence-electron chi connectivity index (χ2n) is 6.87. The van der Waals surface area contributed by atoms with Crippen molar-refractivity contribution in [2.45, 2.75) is 20.3 Å². The van der Waals surface area contributed by atoms with Crippen molar-refractivity contribution in [1.82, 2.24) is 10.2 Å². The second kappa shape index (κ2) is 8.21. The third-order valence-corrected chi connectivity index (χ3v) is 4.16. The molecular formula is C21H21F2N3O2. The van der Waals surface area contributed by atoms with Gasteiger partial charge in [0, 0.05) is 17.2 Å². The van der Waals surface area contributed by atoms with E-state index in [4.69, 9.17) is 4.74 Å². The van der Waals surface area contributed by atoms with Crippen LogP contribution >= 0.6 is 0 Å². The minimum absolute atomic E-state index is 0.106. The first-order valence-electron chi connectivity index (χ1n) is 8.86. The maximum absolute atomic E-state index is 13.5. The second-order valence-corrected chi connectivity index (χ2v) is 6.87. The molecule has 5 nitrogen and oxygen atoms in total. The van der Waals surface area contributed by atoms with Crippen molar-refractivity contribution in [3.63, 3.8) is 0 Å². The summed E-state index contributed by atoms with van der Waals surface area (Å²) >= 11 is 0. The molecule has 0 saturated heterocycles. The Kier molecular flexibility index (Phi) is 5.73. The number of H-pyrrole nitrogens is 1. The summed E-state index contributed by atoms with van der Waals surface area (Å²) in [5.74, 6) is -1.29. The lowest BCUT2D eigenvalue weighted by Gasteiger charge is -2.11. The first-order chi connectivity index (χ1) is 13.4. The fourth-order valence-corrected chi connectivity index (χ4v) is 2.92. The molecular weight excluding hydrogens is 364 g/mol. The van der Waals surface area contributed by atoms with Crippen LogP contribution in [0.3, 0.4) is 0 Å². The van der Waals surface area contributed by atoms with Crippen LogP contribution in [-0.2, 0) is 6.42 Å². The molecule has 0 radical (unpaired) electrons. The molecule has 7 heteroatoms. The highest BCUT2D eigenvalue weighted by Crippen LogP contribution is 2.32. The smallest absolute Gasteiger partial charge is 0.255 e. The average Bonchev–Trinajstić information content (AvgIpc) is 3.02. The summed E-state index contributed by atoms with van der Waals surface area (Å²) in [7, 11) is 1.56. The van der Waals surface area contributed by atoms with Gasteiger partial charge in [-0.25, -0.2) is 8.78 Å². The standard InChI is InChI=1S/C21H21F2N3O2/c1-12(2)7-18-20(24-21(27)14-8-15(22)11-16(23)9-14)19(26-25-18)13-5-4-6-17(10-13)28-3/h4-6,8-12H,7H2,1-3H3,(H,24,27)(H,25,26). The van der Waals surface area contributed by atoms with Crippen molar-refractivity contribution < 1.29 is 18.3 Å². The lowest BCUT2D eigenvalue weighted by molar-refractivity contribution is 0.102. The summed E-state index contributed by atoms with van der Waals surface area (Å²) in [4.78, 5) is 12.7. The van der Waals surface area contributed by atoms with E-state index < -0.39 is 17.5 Å². The molecule has 2 aromatic carbocycles. The average molecular weight is 385 g/mol. The van der Waals surface area contributed by atoms with E-state index in [2.05, 4.69) is 15.5 Å². The number of nitrogens with zero attached hydrogens (tertiary/aromatic N) is 1. The summed E-state index contributed by atoms with van der Waals surface area (Å²) in [5.41, 5.74) is 2.38. The van der Waals surface area contributed by atoms with Crippen LogP contribution in [0.2, 0.25) is 0 Å². The van der Waals surface area contributed by atoms with E-state index in [0.717, 1.165) is 29.5 Å². The largest absolute Gasteiger partial charge is 0.497 e. The number of methoxy groups -OCH3 is 1. The van der Waals surface area contributed by atoms with Gasteiger partial charge in [-0.1, -0.05) is 26.0 Å². The molecule has 0 atom stereocenters. The van der Waals surface area contributed by atoms with Crippen LogP contribution in [0.5, 0.6) is 5.75 Å². The van der Waals surface area contributed by atoms with Gasteiger partial charge in [0.1, 0.15) is 23.1 Å². The minimum atomic E-state index is -0.812. The van der Waals surface area contributed by atoms with Gasteiger partial charge in [-0.3, -0.25) is 9.89 Å². The van der Waals surface area contributed by atoms with E-state index in [0.29, 0.717) is 29.5 Å². The number of halogens is 2. The molecule has 1 heterocycles. The van der Waals surface area contributed by atoms with Gasteiger partial charge in [-0.15, -0.1) is 0 Å². The van der Waals surface area contributed by atoms with Gasteiger partial charge >= 0.3 is 0 Å². The number of amides is 1. The van der Waals surface area contributed by atoms with Crippen LogP contribution in [0.15, 0.2) is 42.5 Å². The molecule has 0 aliphatic heterocycles. The van der Waals surface area contributed by atoms with Crippen LogP contribution in [-0.4, -0.2) is 23.2 Å². The van der Waals surface area contributed by atoms with E-state index in [-0.39, 0.29) is 5.56 Å². The van der Waals surface area contributed by atoms with Gasteiger partial charge < -0.3 is 10.1 Å². The number of benzene rings is 2. The number of rotatable bonds is 6. The molecule has 3 aromatic rings. The van der Waals surface area contributed by atoms with E-state index >= 15 is 0 Å². The first-order valence-corrected chi connectivity index (χ1v) is 8.86. The third-order valence-electron chi connectivity index (χ3n) is 4.16. The van der Waals surface area contributed by atoms with Crippen molar-refractivity contribution >= 4 is 11.6 Å². The number of hydrogen-bond acceptors (Lipinski definition) is 3. The Morgan fingerprint density at radius 2 is 1.89 bits per heavy atom.